The fourth-order valence-electron chi connectivity index (χ4n) is 2.39. The zero-order valence-corrected chi connectivity index (χ0v) is 13.6. The normalized spacial score (nSPS) is 14.8. The van der Waals surface area contributed by atoms with Crippen LogP contribution in [0.5, 0.6) is 0 Å². The van der Waals surface area contributed by atoms with Crippen molar-refractivity contribution < 1.29 is 4.79 Å². The number of aromatic nitrogens is 1. The van der Waals surface area contributed by atoms with Crippen LogP contribution >= 0.6 is 22.7 Å². The second kappa shape index (κ2) is 5.30. The monoisotopic (exact) mass is 306 g/mol. The summed E-state index contributed by atoms with van der Waals surface area (Å²) in [6.07, 6.45) is 2.28. The molecule has 1 amide bonds. The lowest BCUT2D eigenvalue weighted by molar-refractivity contribution is 0.0694. The molecule has 0 radical (unpaired) electrons. The lowest BCUT2D eigenvalue weighted by Crippen LogP contribution is -2.38. The van der Waals surface area contributed by atoms with Crippen LogP contribution in [0.25, 0.3) is 9.88 Å². The summed E-state index contributed by atoms with van der Waals surface area (Å²) in [6.45, 7) is 6.12. The van der Waals surface area contributed by atoms with E-state index >= 15 is 0 Å². The standard InChI is InChI=1S/C15H18N2OS2/c1-9(2)17(11-6-7-11)15(18)13-10(3)16-14(20-13)12-5-4-8-19-12/h4-5,8-9,11H,6-7H2,1-3H3. The highest BCUT2D eigenvalue weighted by Gasteiger charge is 2.36. The van der Waals surface area contributed by atoms with Crippen LogP contribution in [-0.4, -0.2) is 27.9 Å². The largest absolute Gasteiger partial charge is 0.332 e. The number of thiazole rings is 1. The predicted octanol–water partition coefficient (Wildman–Crippen LogP) is 4.19. The zero-order chi connectivity index (χ0) is 14.3. The molecule has 1 saturated carbocycles. The van der Waals surface area contributed by atoms with Crippen molar-refractivity contribution in [2.45, 2.75) is 45.7 Å². The third-order valence-electron chi connectivity index (χ3n) is 3.45. The SMILES string of the molecule is Cc1nc(-c2cccs2)sc1C(=O)N(C(C)C)C1CC1. The Kier molecular flexibility index (Phi) is 3.65. The van der Waals surface area contributed by atoms with Crippen LogP contribution in [0.4, 0.5) is 0 Å². The van der Waals surface area contributed by atoms with Gasteiger partial charge in [-0.25, -0.2) is 4.98 Å². The highest BCUT2D eigenvalue weighted by molar-refractivity contribution is 7.22. The van der Waals surface area contributed by atoms with Crippen molar-refractivity contribution in [2.75, 3.05) is 0 Å². The van der Waals surface area contributed by atoms with Gasteiger partial charge in [0.15, 0.2) is 0 Å². The van der Waals surface area contributed by atoms with E-state index in [-0.39, 0.29) is 11.9 Å². The lowest BCUT2D eigenvalue weighted by atomic mass is 10.2. The van der Waals surface area contributed by atoms with Gasteiger partial charge in [0.05, 0.1) is 10.6 Å². The maximum absolute atomic E-state index is 12.8. The number of hydrogen-bond donors (Lipinski definition) is 0. The first-order valence-corrected chi connectivity index (χ1v) is 8.61. The first-order valence-electron chi connectivity index (χ1n) is 6.92. The van der Waals surface area contributed by atoms with E-state index in [1.165, 1.54) is 11.3 Å². The number of carbonyl (C=O) groups is 1. The Labute approximate surface area is 127 Å². The van der Waals surface area contributed by atoms with Crippen LogP contribution < -0.4 is 0 Å². The Morgan fingerprint density at radius 1 is 1.45 bits per heavy atom. The first kappa shape index (κ1) is 13.8. The van der Waals surface area contributed by atoms with E-state index in [1.807, 2.05) is 23.3 Å². The van der Waals surface area contributed by atoms with E-state index in [0.717, 1.165) is 33.3 Å². The van der Waals surface area contributed by atoms with Crippen molar-refractivity contribution in [1.82, 2.24) is 9.88 Å². The third kappa shape index (κ3) is 2.52. The fourth-order valence-corrected chi connectivity index (χ4v) is 4.20. The summed E-state index contributed by atoms with van der Waals surface area (Å²) in [5, 5.41) is 3.00. The van der Waals surface area contributed by atoms with E-state index in [2.05, 4.69) is 24.9 Å². The summed E-state index contributed by atoms with van der Waals surface area (Å²) in [6, 6.07) is 4.76. The maximum Gasteiger partial charge on any atom is 0.266 e. The third-order valence-corrected chi connectivity index (χ3v) is 5.64. The van der Waals surface area contributed by atoms with Gasteiger partial charge in [-0.1, -0.05) is 6.07 Å². The minimum absolute atomic E-state index is 0.153. The van der Waals surface area contributed by atoms with Crippen molar-refractivity contribution in [1.29, 1.82) is 0 Å². The second-order valence-electron chi connectivity index (χ2n) is 5.45. The summed E-state index contributed by atoms with van der Waals surface area (Å²) in [5.41, 5.74) is 0.856. The van der Waals surface area contributed by atoms with E-state index in [9.17, 15) is 4.79 Å². The van der Waals surface area contributed by atoms with E-state index < -0.39 is 0 Å². The molecule has 0 bridgehead atoms. The molecule has 1 aliphatic carbocycles. The molecule has 106 valence electrons. The maximum atomic E-state index is 12.8. The Morgan fingerprint density at radius 3 is 2.75 bits per heavy atom. The number of nitrogens with zero attached hydrogens (tertiary/aromatic N) is 2. The summed E-state index contributed by atoms with van der Waals surface area (Å²) >= 11 is 3.19. The topological polar surface area (TPSA) is 33.2 Å². The van der Waals surface area contributed by atoms with E-state index in [0.29, 0.717) is 6.04 Å². The zero-order valence-electron chi connectivity index (χ0n) is 11.9. The molecule has 0 saturated heterocycles. The molecule has 1 aliphatic rings. The molecule has 0 aliphatic heterocycles. The number of thiophene rings is 1. The van der Waals surface area contributed by atoms with Gasteiger partial charge in [0.2, 0.25) is 0 Å². The number of rotatable bonds is 4. The summed E-state index contributed by atoms with van der Waals surface area (Å²) in [5.74, 6) is 0.153. The number of carbonyl (C=O) groups excluding carboxylic acids is 1. The van der Waals surface area contributed by atoms with Crippen LogP contribution in [0, 0.1) is 6.92 Å². The van der Waals surface area contributed by atoms with Gasteiger partial charge in [-0.15, -0.1) is 22.7 Å². The number of hydrogen-bond acceptors (Lipinski definition) is 4. The smallest absolute Gasteiger partial charge is 0.266 e. The van der Waals surface area contributed by atoms with Crippen molar-refractivity contribution in [3.8, 4) is 9.88 Å². The van der Waals surface area contributed by atoms with Crippen LogP contribution in [0.15, 0.2) is 17.5 Å². The first-order chi connectivity index (χ1) is 9.58. The van der Waals surface area contributed by atoms with Crippen molar-refractivity contribution in [3.05, 3.63) is 28.1 Å². The molecular formula is C15H18N2OS2. The average Bonchev–Trinajstić information content (AvgIpc) is 2.92. The van der Waals surface area contributed by atoms with Crippen LogP contribution in [0.1, 0.15) is 42.1 Å². The minimum atomic E-state index is 0.153. The fraction of sp³-hybridized carbons (Fsp3) is 0.467. The molecule has 3 rings (SSSR count). The molecule has 0 atom stereocenters. The predicted molar refractivity (Wildman–Crippen MR) is 84.5 cm³/mol. The molecule has 0 N–H and O–H groups in total. The number of amides is 1. The van der Waals surface area contributed by atoms with Gasteiger partial charge in [0.25, 0.3) is 5.91 Å². The van der Waals surface area contributed by atoms with Gasteiger partial charge < -0.3 is 4.90 Å². The minimum Gasteiger partial charge on any atom is -0.332 e. The van der Waals surface area contributed by atoms with Gasteiger partial charge >= 0.3 is 0 Å². The molecule has 0 spiro atoms. The molecule has 2 heterocycles. The van der Waals surface area contributed by atoms with Gasteiger partial charge in [-0.2, -0.15) is 0 Å². The van der Waals surface area contributed by atoms with E-state index in [1.54, 1.807) is 11.3 Å². The molecule has 2 aromatic rings. The van der Waals surface area contributed by atoms with Gasteiger partial charge in [-0.3, -0.25) is 4.79 Å². The lowest BCUT2D eigenvalue weighted by Gasteiger charge is -2.26. The average molecular weight is 306 g/mol. The molecule has 20 heavy (non-hydrogen) atoms. The Balaban J connectivity index is 1.91. The van der Waals surface area contributed by atoms with E-state index in [4.69, 9.17) is 0 Å². The van der Waals surface area contributed by atoms with Gasteiger partial charge in [0.1, 0.15) is 9.88 Å². The van der Waals surface area contributed by atoms with Crippen molar-refractivity contribution in [2.24, 2.45) is 0 Å². The molecule has 2 aromatic heterocycles. The summed E-state index contributed by atoms with van der Waals surface area (Å²) < 4.78 is 0. The molecule has 0 aromatic carbocycles. The molecular weight excluding hydrogens is 288 g/mol. The van der Waals surface area contributed by atoms with Crippen LogP contribution in [0.3, 0.4) is 0 Å². The molecule has 3 nitrogen and oxygen atoms in total. The second-order valence-corrected chi connectivity index (χ2v) is 7.39. The Morgan fingerprint density at radius 2 is 2.20 bits per heavy atom. The summed E-state index contributed by atoms with van der Waals surface area (Å²) in [7, 11) is 0. The molecule has 5 heteroatoms. The van der Waals surface area contributed by atoms with Crippen molar-refractivity contribution in [3.63, 3.8) is 0 Å². The van der Waals surface area contributed by atoms with Gasteiger partial charge in [-0.05, 0) is 45.1 Å². The quantitative estimate of drug-likeness (QED) is 0.848. The molecule has 0 unspecified atom stereocenters. The van der Waals surface area contributed by atoms with Gasteiger partial charge in [0, 0.05) is 12.1 Å². The number of aryl methyl sites for hydroxylation is 1. The highest BCUT2D eigenvalue weighted by Crippen LogP contribution is 2.35. The Bertz CT molecular complexity index is 610. The molecule has 1 fully saturated rings. The Hall–Kier alpha value is -1.20. The van der Waals surface area contributed by atoms with Crippen LogP contribution in [0.2, 0.25) is 0 Å². The highest BCUT2D eigenvalue weighted by atomic mass is 32.1. The van der Waals surface area contributed by atoms with Crippen molar-refractivity contribution >= 4 is 28.6 Å². The van der Waals surface area contributed by atoms with Crippen LogP contribution in [-0.2, 0) is 0 Å². The summed E-state index contributed by atoms with van der Waals surface area (Å²) in [4.78, 5) is 21.3.